The van der Waals surface area contributed by atoms with Gasteiger partial charge in [-0.25, -0.2) is 8.42 Å². The summed E-state index contributed by atoms with van der Waals surface area (Å²) in [6, 6.07) is 9.96. The van der Waals surface area contributed by atoms with Crippen molar-refractivity contribution in [2.45, 2.75) is 12.7 Å². The molecule has 0 aromatic heterocycles. The molecule has 0 aliphatic heterocycles. The summed E-state index contributed by atoms with van der Waals surface area (Å²) in [5.74, 6) is 0.764. The standard InChI is InChI=1S/C18H21NO5S/c1-12-9-16(23-2)17(24-3)10-15(12)19-18(20)14-7-5-13(6-8-14)11-25(4,21)22/h5-10H,11H2,1-4H3,(H,19,20). The molecular formula is C18H21NO5S. The van der Waals surface area contributed by atoms with Gasteiger partial charge in [0.05, 0.1) is 20.0 Å². The van der Waals surface area contributed by atoms with Crippen LogP contribution in [0.5, 0.6) is 11.5 Å². The van der Waals surface area contributed by atoms with E-state index in [-0.39, 0.29) is 11.7 Å². The molecule has 1 amide bonds. The zero-order valence-electron chi connectivity index (χ0n) is 14.6. The van der Waals surface area contributed by atoms with Crippen LogP contribution < -0.4 is 14.8 Å². The topological polar surface area (TPSA) is 81.7 Å². The highest BCUT2D eigenvalue weighted by Crippen LogP contribution is 2.33. The van der Waals surface area contributed by atoms with E-state index in [9.17, 15) is 13.2 Å². The molecule has 2 aromatic rings. The minimum absolute atomic E-state index is 0.0519. The predicted octanol–water partition coefficient (Wildman–Crippen LogP) is 2.81. The molecular weight excluding hydrogens is 342 g/mol. The van der Waals surface area contributed by atoms with Gasteiger partial charge in [0.2, 0.25) is 0 Å². The molecule has 25 heavy (non-hydrogen) atoms. The lowest BCUT2D eigenvalue weighted by atomic mass is 10.1. The van der Waals surface area contributed by atoms with Gasteiger partial charge in [0.15, 0.2) is 21.3 Å². The van der Waals surface area contributed by atoms with E-state index in [2.05, 4.69) is 5.32 Å². The maximum Gasteiger partial charge on any atom is 0.255 e. The smallest absolute Gasteiger partial charge is 0.255 e. The van der Waals surface area contributed by atoms with Crippen LogP contribution in [0.2, 0.25) is 0 Å². The molecule has 0 saturated carbocycles. The third-order valence-electron chi connectivity index (χ3n) is 3.62. The lowest BCUT2D eigenvalue weighted by Crippen LogP contribution is -2.13. The molecule has 1 N–H and O–H groups in total. The third kappa shape index (κ3) is 4.96. The van der Waals surface area contributed by atoms with Crippen molar-refractivity contribution in [2.24, 2.45) is 0 Å². The molecule has 0 aliphatic carbocycles. The zero-order valence-corrected chi connectivity index (χ0v) is 15.4. The Labute approximate surface area is 147 Å². The van der Waals surface area contributed by atoms with Crippen LogP contribution in [-0.4, -0.2) is 34.8 Å². The normalized spacial score (nSPS) is 11.0. The van der Waals surface area contributed by atoms with Crippen LogP contribution in [0.4, 0.5) is 5.69 Å². The van der Waals surface area contributed by atoms with Crippen molar-refractivity contribution in [1.82, 2.24) is 0 Å². The van der Waals surface area contributed by atoms with E-state index in [0.29, 0.717) is 28.3 Å². The number of methoxy groups -OCH3 is 2. The van der Waals surface area contributed by atoms with Gasteiger partial charge in [-0.3, -0.25) is 4.79 Å². The van der Waals surface area contributed by atoms with Gasteiger partial charge in [0, 0.05) is 23.6 Å². The number of carbonyl (C=O) groups is 1. The fraction of sp³-hybridized carbons (Fsp3) is 0.278. The number of nitrogens with one attached hydrogen (secondary N) is 1. The largest absolute Gasteiger partial charge is 0.493 e. The van der Waals surface area contributed by atoms with Gasteiger partial charge in [-0.05, 0) is 36.2 Å². The molecule has 0 unspecified atom stereocenters. The molecule has 134 valence electrons. The molecule has 0 bridgehead atoms. The van der Waals surface area contributed by atoms with Crippen LogP contribution in [0, 0.1) is 6.92 Å². The maximum atomic E-state index is 12.4. The number of ether oxygens (including phenoxy) is 2. The SMILES string of the molecule is COc1cc(C)c(NC(=O)c2ccc(CS(C)(=O)=O)cc2)cc1OC. The summed E-state index contributed by atoms with van der Waals surface area (Å²) in [4.78, 5) is 12.4. The lowest BCUT2D eigenvalue weighted by molar-refractivity contribution is 0.102. The number of aryl methyl sites for hydroxylation is 1. The molecule has 2 rings (SSSR count). The Morgan fingerprint density at radius 1 is 1.04 bits per heavy atom. The van der Waals surface area contributed by atoms with E-state index in [1.807, 2.05) is 6.92 Å². The summed E-state index contributed by atoms with van der Waals surface area (Å²) < 4.78 is 33.1. The highest BCUT2D eigenvalue weighted by molar-refractivity contribution is 7.89. The quantitative estimate of drug-likeness (QED) is 0.853. The minimum atomic E-state index is -3.11. The number of anilines is 1. The predicted molar refractivity (Wildman–Crippen MR) is 97.2 cm³/mol. The molecule has 0 saturated heterocycles. The number of amides is 1. The maximum absolute atomic E-state index is 12.4. The molecule has 2 aromatic carbocycles. The number of rotatable bonds is 6. The van der Waals surface area contributed by atoms with Gasteiger partial charge >= 0.3 is 0 Å². The zero-order chi connectivity index (χ0) is 18.6. The minimum Gasteiger partial charge on any atom is -0.493 e. The van der Waals surface area contributed by atoms with Gasteiger partial charge < -0.3 is 14.8 Å². The molecule has 7 heteroatoms. The van der Waals surface area contributed by atoms with E-state index in [1.54, 1.807) is 43.5 Å². The number of hydrogen-bond acceptors (Lipinski definition) is 5. The van der Waals surface area contributed by atoms with Gasteiger partial charge in [-0.1, -0.05) is 12.1 Å². The van der Waals surface area contributed by atoms with Crippen LogP contribution in [0.1, 0.15) is 21.5 Å². The summed E-state index contributed by atoms with van der Waals surface area (Å²) >= 11 is 0. The summed E-state index contributed by atoms with van der Waals surface area (Å²) in [6.07, 6.45) is 1.17. The van der Waals surface area contributed by atoms with Crippen molar-refractivity contribution >= 4 is 21.4 Å². The molecule has 0 spiro atoms. The Morgan fingerprint density at radius 3 is 2.12 bits per heavy atom. The van der Waals surface area contributed by atoms with Crippen molar-refractivity contribution in [3.63, 3.8) is 0 Å². The summed E-state index contributed by atoms with van der Waals surface area (Å²) in [6.45, 7) is 1.85. The average molecular weight is 363 g/mol. The second-order valence-corrected chi connectivity index (χ2v) is 7.88. The first kappa shape index (κ1) is 18.8. The van der Waals surface area contributed by atoms with Crippen molar-refractivity contribution in [1.29, 1.82) is 0 Å². The van der Waals surface area contributed by atoms with E-state index in [0.717, 1.165) is 5.56 Å². The Hall–Kier alpha value is -2.54. The fourth-order valence-corrected chi connectivity index (χ4v) is 3.16. The highest BCUT2D eigenvalue weighted by Gasteiger charge is 2.13. The third-order valence-corrected chi connectivity index (χ3v) is 4.48. The number of carbonyl (C=O) groups excluding carboxylic acids is 1. The Bertz CT molecular complexity index is 873. The van der Waals surface area contributed by atoms with E-state index < -0.39 is 9.84 Å². The first-order chi connectivity index (χ1) is 11.7. The van der Waals surface area contributed by atoms with Gasteiger partial charge in [-0.2, -0.15) is 0 Å². The monoisotopic (exact) mass is 363 g/mol. The van der Waals surface area contributed by atoms with E-state index >= 15 is 0 Å². The van der Waals surface area contributed by atoms with Gasteiger partial charge in [0.25, 0.3) is 5.91 Å². The fourth-order valence-electron chi connectivity index (χ4n) is 2.36. The summed E-state index contributed by atoms with van der Waals surface area (Å²) in [5, 5.41) is 2.83. The number of sulfone groups is 1. The first-order valence-corrected chi connectivity index (χ1v) is 9.60. The Morgan fingerprint density at radius 2 is 1.60 bits per heavy atom. The second-order valence-electron chi connectivity index (χ2n) is 5.74. The summed E-state index contributed by atoms with van der Waals surface area (Å²) in [7, 11) is -0.0288. The molecule has 0 radical (unpaired) electrons. The lowest BCUT2D eigenvalue weighted by Gasteiger charge is -2.13. The van der Waals surface area contributed by atoms with Crippen molar-refractivity contribution < 1.29 is 22.7 Å². The highest BCUT2D eigenvalue weighted by atomic mass is 32.2. The van der Waals surface area contributed by atoms with E-state index in [1.165, 1.54) is 13.4 Å². The van der Waals surface area contributed by atoms with E-state index in [4.69, 9.17) is 9.47 Å². The Balaban J connectivity index is 2.19. The number of hydrogen-bond donors (Lipinski definition) is 1. The first-order valence-electron chi connectivity index (χ1n) is 7.54. The van der Waals surface area contributed by atoms with Crippen molar-refractivity contribution in [3.8, 4) is 11.5 Å². The van der Waals surface area contributed by atoms with Crippen LogP contribution in [-0.2, 0) is 15.6 Å². The molecule has 0 fully saturated rings. The Kier molecular flexibility index (Phi) is 5.69. The van der Waals surface area contributed by atoms with Crippen molar-refractivity contribution in [3.05, 3.63) is 53.1 Å². The van der Waals surface area contributed by atoms with Crippen molar-refractivity contribution in [2.75, 3.05) is 25.8 Å². The van der Waals surface area contributed by atoms with Crippen LogP contribution in [0.15, 0.2) is 36.4 Å². The molecule has 0 heterocycles. The molecule has 0 atom stereocenters. The summed E-state index contributed by atoms with van der Waals surface area (Å²) in [5.41, 5.74) is 2.52. The molecule has 6 nitrogen and oxygen atoms in total. The molecule has 0 aliphatic rings. The second kappa shape index (κ2) is 7.57. The van der Waals surface area contributed by atoms with Crippen LogP contribution in [0.3, 0.4) is 0 Å². The van der Waals surface area contributed by atoms with Crippen LogP contribution in [0.25, 0.3) is 0 Å². The number of benzene rings is 2. The van der Waals surface area contributed by atoms with Gasteiger partial charge in [0.1, 0.15) is 0 Å². The van der Waals surface area contributed by atoms with Gasteiger partial charge in [-0.15, -0.1) is 0 Å². The van der Waals surface area contributed by atoms with Crippen LogP contribution >= 0.6 is 0 Å². The average Bonchev–Trinajstić information content (AvgIpc) is 2.55.